The van der Waals surface area contributed by atoms with Crippen LogP contribution in [0.25, 0.3) is 0 Å². The summed E-state index contributed by atoms with van der Waals surface area (Å²) in [4.78, 5) is 13.4. The summed E-state index contributed by atoms with van der Waals surface area (Å²) in [7, 11) is 1.84. The number of rotatable bonds is 5. The largest absolute Gasteiger partial charge is 0.394 e. The van der Waals surface area contributed by atoms with E-state index in [2.05, 4.69) is 5.32 Å². The number of likely N-dealkylation sites (N-methyl/N-ethyl adjacent to an activating group) is 2. The van der Waals surface area contributed by atoms with Crippen LogP contribution in [-0.4, -0.2) is 47.7 Å². The van der Waals surface area contributed by atoms with E-state index < -0.39 is 0 Å². The minimum absolute atomic E-state index is 0.00322. The monoisotopic (exact) mass is 202 g/mol. The quantitative estimate of drug-likeness (QED) is 0.670. The molecule has 1 amide bonds. The molecule has 0 aromatic rings. The highest BCUT2D eigenvalue weighted by Crippen LogP contribution is 2.14. The average Bonchev–Trinajstić information content (AvgIpc) is 2.15. The smallest absolute Gasteiger partial charge is 0.237 e. The molecule has 0 rings (SSSR count). The lowest BCUT2D eigenvalue weighted by Gasteiger charge is -2.37. The van der Waals surface area contributed by atoms with Gasteiger partial charge in [0, 0.05) is 12.1 Å². The highest BCUT2D eigenvalue weighted by Gasteiger charge is 2.29. The third-order valence-electron chi connectivity index (χ3n) is 2.65. The van der Waals surface area contributed by atoms with Crippen LogP contribution < -0.4 is 5.32 Å². The normalized spacial score (nSPS) is 14.2. The molecule has 0 aromatic carbocycles. The standard InChI is InChI=1S/C10H22N2O2/c1-6-11-9(14)8(2)12(5)10(3,4)7-13/h8,13H,6-7H2,1-5H3,(H,11,14). The van der Waals surface area contributed by atoms with Crippen molar-refractivity contribution in [2.75, 3.05) is 20.2 Å². The maximum absolute atomic E-state index is 11.5. The maximum Gasteiger partial charge on any atom is 0.237 e. The van der Waals surface area contributed by atoms with E-state index in [1.165, 1.54) is 0 Å². The number of amides is 1. The molecule has 14 heavy (non-hydrogen) atoms. The maximum atomic E-state index is 11.5. The molecule has 84 valence electrons. The van der Waals surface area contributed by atoms with E-state index >= 15 is 0 Å². The second-order valence-electron chi connectivity index (χ2n) is 4.15. The highest BCUT2D eigenvalue weighted by molar-refractivity contribution is 5.81. The van der Waals surface area contributed by atoms with Crippen LogP contribution in [0.3, 0.4) is 0 Å². The molecule has 0 aliphatic carbocycles. The average molecular weight is 202 g/mol. The number of carbonyl (C=O) groups excluding carboxylic acids is 1. The molecule has 0 spiro atoms. The van der Waals surface area contributed by atoms with Gasteiger partial charge < -0.3 is 10.4 Å². The van der Waals surface area contributed by atoms with Gasteiger partial charge in [-0.2, -0.15) is 0 Å². The van der Waals surface area contributed by atoms with Crippen LogP contribution in [0.5, 0.6) is 0 Å². The first-order valence-electron chi connectivity index (χ1n) is 4.98. The Bertz CT molecular complexity index is 193. The van der Waals surface area contributed by atoms with Gasteiger partial charge in [-0.05, 0) is 34.7 Å². The molecular weight excluding hydrogens is 180 g/mol. The van der Waals surface area contributed by atoms with Crippen LogP contribution >= 0.6 is 0 Å². The molecule has 4 nitrogen and oxygen atoms in total. The number of hydrogen-bond donors (Lipinski definition) is 2. The van der Waals surface area contributed by atoms with Crippen LogP contribution in [-0.2, 0) is 4.79 Å². The first-order chi connectivity index (χ1) is 6.36. The van der Waals surface area contributed by atoms with Crippen molar-refractivity contribution < 1.29 is 9.90 Å². The molecule has 1 atom stereocenters. The van der Waals surface area contributed by atoms with Gasteiger partial charge in [-0.1, -0.05) is 0 Å². The fraction of sp³-hybridized carbons (Fsp3) is 0.900. The topological polar surface area (TPSA) is 52.6 Å². The second kappa shape index (κ2) is 5.32. The number of aliphatic hydroxyl groups is 1. The highest BCUT2D eigenvalue weighted by atomic mass is 16.3. The number of nitrogens with one attached hydrogen (secondary N) is 1. The summed E-state index contributed by atoms with van der Waals surface area (Å²) in [6.45, 7) is 8.21. The summed E-state index contributed by atoms with van der Waals surface area (Å²) < 4.78 is 0. The first-order valence-corrected chi connectivity index (χ1v) is 4.98. The summed E-state index contributed by atoms with van der Waals surface area (Å²) in [5.41, 5.74) is -0.371. The number of aliphatic hydroxyl groups excluding tert-OH is 1. The van der Waals surface area contributed by atoms with Crippen LogP contribution in [0.2, 0.25) is 0 Å². The van der Waals surface area contributed by atoms with E-state index in [1.807, 2.05) is 39.6 Å². The zero-order valence-electron chi connectivity index (χ0n) is 9.79. The Balaban J connectivity index is 4.38. The minimum Gasteiger partial charge on any atom is -0.394 e. The summed E-state index contributed by atoms with van der Waals surface area (Å²) in [5.74, 6) is -0.00322. The molecule has 0 aliphatic heterocycles. The fourth-order valence-corrected chi connectivity index (χ4v) is 1.13. The van der Waals surface area contributed by atoms with Crippen molar-refractivity contribution in [1.82, 2.24) is 10.2 Å². The molecule has 0 heterocycles. The van der Waals surface area contributed by atoms with Crippen molar-refractivity contribution in [3.05, 3.63) is 0 Å². The van der Waals surface area contributed by atoms with Crippen LogP contribution in [0.1, 0.15) is 27.7 Å². The van der Waals surface area contributed by atoms with Gasteiger partial charge >= 0.3 is 0 Å². The molecule has 0 fully saturated rings. The van der Waals surface area contributed by atoms with Crippen LogP contribution in [0.4, 0.5) is 0 Å². The minimum atomic E-state index is -0.371. The summed E-state index contributed by atoms with van der Waals surface area (Å²) >= 11 is 0. The van der Waals surface area contributed by atoms with Crippen molar-refractivity contribution >= 4 is 5.91 Å². The van der Waals surface area contributed by atoms with Crippen LogP contribution in [0.15, 0.2) is 0 Å². The van der Waals surface area contributed by atoms with E-state index in [0.29, 0.717) is 6.54 Å². The van der Waals surface area contributed by atoms with E-state index in [-0.39, 0.29) is 24.1 Å². The summed E-state index contributed by atoms with van der Waals surface area (Å²) in [6.07, 6.45) is 0. The Kier molecular flexibility index (Phi) is 5.08. The zero-order valence-corrected chi connectivity index (χ0v) is 9.79. The van der Waals surface area contributed by atoms with E-state index in [4.69, 9.17) is 5.11 Å². The molecule has 4 heteroatoms. The molecule has 0 bridgehead atoms. The third kappa shape index (κ3) is 3.27. The lowest BCUT2D eigenvalue weighted by molar-refractivity contribution is -0.127. The van der Waals surface area contributed by atoms with Crippen LogP contribution in [0, 0.1) is 0 Å². The Morgan fingerprint density at radius 3 is 2.43 bits per heavy atom. The molecule has 0 aliphatic rings. The molecular formula is C10H22N2O2. The molecule has 2 N–H and O–H groups in total. The van der Waals surface area contributed by atoms with E-state index in [9.17, 15) is 4.79 Å². The SMILES string of the molecule is CCNC(=O)C(C)N(C)C(C)(C)CO. The van der Waals surface area contributed by atoms with E-state index in [0.717, 1.165) is 0 Å². The molecule has 0 aromatic heterocycles. The van der Waals surface area contributed by atoms with Gasteiger partial charge in [0.15, 0.2) is 0 Å². The predicted molar refractivity (Wildman–Crippen MR) is 57.1 cm³/mol. The lowest BCUT2D eigenvalue weighted by atomic mass is 10.0. The van der Waals surface area contributed by atoms with Crippen molar-refractivity contribution in [3.63, 3.8) is 0 Å². The fourth-order valence-electron chi connectivity index (χ4n) is 1.13. The van der Waals surface area contributed by atoms with Gasteiger partial charge in [0.1, 0.15) is 0 Å². The summed E-state index contributed by atoms with van der Waals surface area (Å²) in [5, 5.41) is 11.9. The molecule has 0 radical (unpaired) electrons. The van der Waals surface area contributed by atoms with Crippen molar-refractivity contribution in [3.8, 4) is 0 Å². The van der Waals surface area contributed by atoms with Gasteiger partial charge in [0.05, 0.1) is 12.6 Å². The number of hydrogen-bond acceptors (Lipinski definition) is 3. The Morgan fingerprint density at radius 1 is 1.57 bits per heavy atom. The van der Waals surface area contributed by atoms with Gasteiger partial charge in [-0.3, -0.25) is 9.69 Å². The zero-order chi connectivity index (χ0) is 11.4. The molecule has 1 unspecified atom stereocenters. The lowest BCUT2D eigenvalue weighted by Crippen LogP contribution is -2.54. The Hall–Kier alpha value is -0.610. The molecule has 0 saturated heterocycles. The Labute approximate surface area is 86.3 Å². The third-order valence-corrected chi connectivity index (χ3v) is 2.65. The number of carbonyl (C=O) groups is 1. The van der Waals surface area contributed by atoms with Gasteiger partial charge in [-0.15, -0.1) is 0 Å². The second-order valence-corrected chi connectivity index (χ2v) is 4.15. The Morgan fingerprint density at radius 2 is 2.07 bits per heavy atom. The predicted octanol–water partition coefficient (Wildman–Crippen LogP) is 0.214. The van der Waals surface area contributed by atoms with E-state index in [1.54, 1.807) is 0 Å². The number of nitrogens with zero attached hydrogens (tertiary/aromatic N) is 1. The van der Waals surface area contributed by atoms with Crippen molar-refractivity contribution in [2.24, 2.45) is 0 Å². The first kappa shape index (κ1) is 13.4. The summed E-state index contributed by atoms with van der Waals surface area (Å²) in [6, 6.07) is -0.225. The van der Waals surface area contributed by atoms with Gasteiger partial charge in [0.25, 0.3) is 0 Å². The van der Waals surface area contributed by atoms with Gasteiger partial charge in [0.2, 0.25) is 5.91 Å². The van der Waals surface area contributed by atoms with Gasteiger partial charge in [-0.25, -0.2) is 0 Å². The van der Waals surface area contributed by atoms with Crippen molar-refractivity contribution in [1.29, 1.82) is 0 Å². The molecule has 0 saturated carbocycles. The van der Waals surface area contributed by atoms with Crippen molar-refractivity contribution in [2.45, 2.75) is 39.3 Å².